The average molecular weight is 629 g/mol. The summed E-state index contributed by atoms with van der Waals surface area (Å²) >= 11 is 4.01. The van der Waals surface area contributed by atoms with Gasteiger partial charge in [0, 0.05) is 52.5 Å². The maximum Gasteiger partial charge on any atom is 0.277 e. The molecule has 1 aliphatic carbocycles. The normalized spacial score (nSPS) is 15.7. The van der Waals surface area contributed by atoms with Crippen molar-refractivity contribution in [1.29, 1.82) is 0 Å². The first-order valence-corrected chi connectivity index (χ1v) is 17.9. The SMILES string of the molecule is Cc1ccc(N2c3cc(C)cc4c3B(c3sc5ccccc5c32)c2sc3cc5c(cc3c2N4c2ccccc2)CC(C)(C)C5)cc1. The van der Waals surface area contributed by atoms with E-state index in [2.05, 4.69) is 141 Å². The van der Waals surface area contributed by atoms with Crippen LogP contribution in [0.25, 0.3) is 20.2 Å². The van der Waals surface area contributed by atoms with Crippen LogP contribution in [-0.4, -0.2) is 6.71 Å². The van der Waals surface area contributed by atoms with Crippen molar-refractivity contribution in [1.82, 2.24) is 0 Å². The molecule has 3 aliphatic rings. The third-order valence-electron chi connectivity index (χ3n) is 10.3. The van der Waals surface area contributed by atoms with Gasteiger partial charge in [0.25, 0.3) is 6.71 Å². The van der Waals surface area contributed by atoms with Crippen LogP contribution < -0.4 is 24.8 Å². The fourth-order valence-electron chi connectivity index (χ4n) is 8.42. The number of hydrogen-bond donors (Lipinski definition) is 0. The average Bonchev–Trinajstić information content (AvgIpc) is 3.70. The predicted octanol–water partition coefficient (Wildman–Crippen LogP) is 9.94. The van der Waals surface area contributed by atoms with E-state index in [1.165, 1.54) is 91.6 Å². The third kappa shape index (κ3) is 3.70. The summed E-state index contributed by atoms with van der Waals surface area (Å²) in [6, 6.07) is 39.1. The van der Waals surface area contributed by atoms with E-state index in [4.69, 9.17) is 0 Å². The molecule has 5 heteroatoms. The molecule has 0 atom stereocenters. The van der Waals surface area contributed by atoms with Gasteiger partial charge in [-0.25, -0.2) is 0 Å². The summed E-state index contributed by atoms with van der Waals surface area (Å²) in [4.78, 5) is 5.16. The molecule has 0 saturated heterocycles. The summed E-state index contributed by atoms with van der Waals surface area (Å²) in [6.07, 6.45) is 2.30. The van der Waals surface area contributed by atoms with Crippen molar-refractivity contribution in [3.63, 3.8) is 0 Å². The molecule has 0 spiro atoms. The Morgan fingerprint density at radius 1 is 0.587 bits per heavy atom. The minimum absolute atomic E-state index is 0.179. The van der Waals surface area contributed by atoms with Gasteiger partial charge in [-0.05, 0) is 109 Å². The Balaban J connectivity index is 1.34. The zero-order chi connectivity index (χ0) is 30.9. The van der Waals surface area contributed by atoms with Crippen LogP contribution in [0.3, 0.4) is 0 Å². The summed E-state index contributed by atoms with van der Waals surface area (Å²) in [5.74, 6) is 0. The number of nitrogens with zero attached hydrogens (tertiary/aromatic N) is 2. The molecule has 2 nitrogen and oxygen atoms in total. The second-order valence-corrected chi connectivity index (χ2v) is 16.4. The van der Waals surface area contributed by atoms with E-state index >= 15 is 0 Å². The van der Waals surface area contributed by atoms with Gasteiger partial charge in [-0.3, -0.25) is 0 Å². The van der Waals surface area contributed by atoms with Crippen molar-refractivity contribution < 1.29 is 0 Å². The van der Waals surface area contributed by atoms with Gasteiger partial charge < -0.3 is 9.80 Å². The first-order valence-electron chi connectivity index (χ1n) is 16.3. The number of anilines is 6. The Kier molecular flexibility index (Phi) is 5.47. The monoisotopic (exact) mass is 628 g/mol. The molecule has 46 heavy (non-hydrogen) atoms. The van der Waals surface area contributed by atoms with Crippen LogP contribution in [0.5, 0.6) is 0 Å². The lowest BCUT2D eigenvalue weighted by molar-refractivity contribution is 0.392. The number of thiophene rings is 2. The van der Waals surface area contributed by atoms with Gasteiger partial charge in [-0.1, -0.05) is 67.9 Å². The maximum absolute atomic E-state index is 2.59. The Morgan fingerprint density at radius 3 is 1.89 bits per heavy atom. The van der Waals surface area contributed by atoms with E-state index in [0.717, 1.165) is 12.8 Å². The molecular weight excluding hydrogens is 595 g/mol. The van der Waals surface area contributed by atoms with Gasteiger partial charge in [-0.15, -0.1) is 22.7 Å². The summed E-state index contributed by atoms with van der Waals surface area (Å²) in [7, 11) is 0. The van der Waals surface area contributed by atoms with Gasteiger partial charge in [0.05, 0.1) is 11.4 Å². The van der Waals surface area contributed by atoms with Crippen molar-refractivity contribution in [2.24, 2.45) is 5.41 Å². The molecule has 0 amide bonds. The highest BCUT2D eigenvalue weighted by molar-refractivity contribution is 7.40. The zero-order valence-corrected chi connectivity index (χ0v) is 28.2. The highest BCUT2D eigenvalue weighted by Crippen LogP contribution is 2.51. The fourth-order valence-corrected chi connectivity index (χ4v) is 11.2. The van der Waals surface area contributed by atoms with Crippen molar-refractivity contribution in [3.8, 4) is 0 Å². The van der Waals surface area contributed by atoms with E-state index in [0.29, 0.717) is 5.41 Å². The summed E-state index contributed by atoms with van der Waals surface area (Å²) in [5.41, 5.74) is 15.1. The molecule has 4 heterocycles. The molecule has 7 aromatic rings. The second kappa shape index (κ2) is 9.37. The van der Waals surface area contributed by atoms with Crippen LogP contribution in [-0.2, 0) is 12.8 Å². The lowest BCUT2D eigenvalue weighted by atomic mass is 9.39. The number of hydrogen-bond acceptors (Lipinski definition) is 4. The number of benzene rings is 5. The molecule has 0 fully saturated rings. The molecule has 10 rings (SSSR count). The molecule has 0 radical (unpaired) electrons. The van der Waals surface area contributed by atoms with Crippen molar-refractivity contribution in [2.75, 3.05) is 9.80 Å². The van der Waals surface area contributed by atoms with E-state index in [1.54, 1.807) is 0 Å². The first kappa shape index (κ1) is 26.9. The number of rotatable bonds is 2. The van der Waals surface area contributed by atoms with Gasteiger partial charge in [-0.2, -0.15) is 0 Å². The van der Waals surface area contributed by atoms with Crippen LogP contribution in [0.1, 0.15) is 36.1 Å². The Bertz CT molecular complexity index is 2380. The third-order valence-corrected chi connectivity index (χ3v) is 12.7. The van der Waals surface area contributed by atoms with Gasteiger partial charge in [0.15, 0.2) is 0 Å². The summed E-state index contributed by atoms with van der Waals surface area (Å²) in [5, 5.41) is 2.74. The zero-order valence-electron chi connectivity index (χ0n) is 26.5. The van der Waals surface area contributed by atoms with E-state index < -0.39 is 0 Å². The van der Waals surface area contributed by atoms with Crippen molar-refractivity contribution in [2.45, 2.75) is 40.5 Å². The van der Waals surface area contributed by atoms with Gasteiger partial charge in [0.1, 0.15) is 0 Å². The fraction of sp³-hybridized carbons (Fsp3) is 0.171. The van der Waals surface area contributed by atoms with Crippen LogP contribution in [0.15, 0.2) is 103 Å². The molecule has 0 bridgehead atoms. The highest BCUT2D eigenvalue weighted by Gasteiger charge is 2.47. The van der Waals surface area contributed by atoms with Gasteiger partial charge in [0.2, 0.25) is 0 Å². The van der Waals surface area contributed by atoms with Crippen molar-refractivity contribution >= 4 is 98.7 Å². The lowest BCUT2D eigenvalue weighted by Gasteiger charge is -2.42. The summed E-state index contributed by atoms with van der Waals surface area (Å²) < 4.78 is 5.69. The van der Waals surface area contributed by atoms with Crippen molar-refractivity contribution in [3.05, 3.63) is 125 Å². The molecule has 0 N–H and O–H groups in total. The minimum Gasteiger partial charge on any atom is -0.310 e. The standard InChI is InChI=1S/C41H33BN2S2/c1-24-14-16-29(17-15-24)44-33-19-25(2)18-32-36(33)42(39-37(44)30-12-8-9-13-34(30)45-39)40-38(43(32)28-10-6-5-7-11-28)31-20-26-22-41(3,4)23-27(26)21-35(31)46-40/h5-21H,22-23H2,1-4H3. The number of fused-ring (bicyclic) bond motifs is 9. The molecule has 0 saturated carbocycles. The molecule has 5 aromatic carbocycles. The molecule has 222 valence electrons. The largest absolute Gasteiger partial charge is 0.310 e. The predicted molar refractivity (Wildman–Crippen MR) is 202 cm³/mol. The first-order chi connectivity index (χ1) is 22.3. The molecule has 2 aliphatic heterocycles. The maximum atomic E-state index is 2.59. The molecule has 0 unspecified atom stereocenters. The molecular formula is C41H33BN2S2. The second-order valence-electron chi connectivity index (χ2n) is 14.3. The Morgan fingerprint density at radius 2 is 1.17 bits per heavy atom. The lowest BCUT2D eigenvalue weighted by Crippen LogP contribution is -2.59. The Labute approximate surface area is 278 Å². The Hall–Kier alpha value is -4.32. The van der Waals surface area contributed by atoms with E-state index in [9.17, 15) is 0 Å². The topological polar surface area (TPSA) is 6.48 Å². The highest BCUT2D eigenvalue weighted by atomic mass is 32.1. The number of aryl methyl sites for hydroxylation is 2. The van der Waals surface area contributed by atoms with Crippen LogP contribution in [0.4, 0.5) is 34.1 Å². The molecule has 2 aromatic heterocycles. The minimum atomic E-state index is 0.179. The van der Waals surface area contributed by atoms with Gasteiger partial charge >= 0.3 is 0 Å². The smallest absolute Gasteiger partial charge is 0.277 e. The van der Waals surface area contributed by atoms with Crippen LogP contribution in [0, 0.1) is 19.3 Å². The quantitative estimate of drug-likeness (QED) is 0.176. The number of para-hydroxylation sites is 1. The van der Waals surface area contributed by atoms with E-state index in [-0.39, 0.29) is 6.71 Å². The summed E-state index contributed by atoms with van der Waals surface area (Å²) in [6.45, 7) is 9.45. The van der Waals surface area contributed by atoms with Crippen LogP contribution >= 0.6 is 22.7 Å². The van der Waals surface area contributed by atoms with E-state index in [1.807, 2.05) is 22.7 Å². The van der Waals surface area contributed by atoms with Crippen LogP contribution in [0.2, 0.25) is 0 Å².